The Morgan fingerprint density at radius 3 is 1.66 bits per heavy atom. The van der Waals surface area contributed by atoms with E-state index in [4.69, 9.17) is 35.2 Å². The van der Waals surface area contributed by atoms with Gasteiger partial charge in [-0.15, -0.1) is 0 Å². The van der Waals surface area contributed by atoms with Gasteiger partial charge in [0, 0.05) is 89.6 Å². The Hall–Kier alpha value is -6.50. The van der Waals surface area contributed by atoms with Gasteiger partial charge in [-0.3, -0.25) is 28.8 Å². The number of fused-ring (bicyclic) bond motifs is 6. The van der Waals surface area contributed by atoms with Crippen LogP contribution >= 0.6 is 0 Å². The minimum absolute atomic E-state index is 0.00588. The average molecular weight is 1030 g/mol. The molecule has 74 heavy (non-hydrogen) atoms. The third-order valence-electron chi connectivity index (χ3n) is 15.1. The number of ether oxygens (including phenoxy) is 5. The Labute approximate surface area is 422 Å². The Morgan fingerprint density at radius 2 is 1.15 bits per heavy atom. The molecule has 4 aromatic carbocycles. The third-order valence-corrected chi connectivity index (χ3v) is 15.1. The van der Waals surface area contributed by atoms with Crippen LogP contribution in [0.1, 0.15) is 151 Å². The van der Waals surface area contributed by atoms with Gasteiger partial charge >= 0.3 is 0 Å². The van der Waals surface area contributed by atoms with Crippen LogP contribution < -0.4 is 16.2 Å². The van der Waals surface area contributed by atoms with Gasteiger partial charge in [0.15, 0.2) is 41.5 Å². The van der Waals surface area contributed by atoms with Gasteiger partial charge in [0.05, 0.1) is 65.4 Å². The van der Waals surface area contributed by atoms with Gasteiger partial charge in [0.2, 0.25) is 5.78 Å². The summed E-state index contributed by atoms with van der Waals surface area (Å²) in [5.74, 6) is -6.61. The number of carbonyl (C=O) groups excluding carboxylic acids is 6. The Bertz CT molecular complexity index is 3040. The second-order valence-electron chi connectivity index (χ2n) is 19.9. The first-order valence-electron chi connectivity index (χ1n) is 24.0. The average Bonchev–Trinajstić information content (AvgIpc) is 3.35. The molecule has 21 nitrogen and oxygen atoms in total. The molecule has 11 atom stereocenters. The number of methoxy groups -OCH3 is 1. The number of ketones is 6. The zero-order valence-electron chi connectivity index (χ0n) is 40.6. The summed E-state index contributed by atoms with van der Waals surface area (Å²) >= 11 is 0. The van der Waals surface area contributed by atoms with Crippen LogP contribution in [-0.2, 0) is 41.4 Å². The fraction of sp³-hybridized carbons (Fsp3) is 0.434. The minimum atomic E-state index is -2.18. The zero-order valence-corrected chi connectivity index (χ0v) is 40.6. The maximum absolute atomic E-state index is 13.6. The van der Waals surface area contributed by atoms with Crippen molar-refractivity contribution in [2.45, 2.75) is 132 Å². The Balaban J connectivity index is 0.000000182. The summed E-state index contributed by atoms with van der Waals surface area (Å²) in [7, 11) is 1.34. The van der Waals surface area contributed by atoms with Crippen molar-refractivity contribution in [3.8, 4) is 28.7 Å². The number of aliphatic hydroxyl groups is 4. The van der Waals surface area contributed by atoms with Crippen LogP contribution in [0.3, 0.4) is 0 Å². The van der Waals surface area contributed by atoms with E-state index in [0.717, 1.165) is 0 Å². The second-order valence-corrected chi connectivity index (χ2v) is 19.9. The minimum Gasteiger partial charge on any atom is -0.507 e. The quantitative estimate of drug-likeness (QED) is 0.0975. The molecule has 0 amide bonds. The van der Waals surface area contributed by atoms with Crippen LogP contribution in [0.5, 0.6) is 28.7 Å². The van der Waals surface area contributed by atoms with E-state index in [9.17, 15) is 69.6 Å². The van der Waals surface area contributed by atoms with Gasteiger partial charge in [-0.05, 0) is 33.3 Å². The molecule has 2 heterocycles. The molecule has 0 unspecified atom stereocenters. The summed E-state index contributed by atoms with van der Waals surface area (Å²) in [4.78, 5) is 78.7. The molecule has 6 aliphatic rings. The van der Waals surface area contributed by atoms with Gasteiger partial charge in [0.1, 0.15) is 46.6 Å². The number of rotatable bonds is 8. The number of hydrogen-bond acceptors (Lipinski definition) is 21. The van der Waals surface area contributed by atoms with Crippen molar-refractivity contribution >= 4 is 34.7 Å². The number of hydrogen-bond donors (Lipinski definition) is 10. The molecule has 392 valence electrons. The van der Waals surface area contributed by atoms with Crippen molar-refractivity contribution in [1.29, 1.82) is 0 Å². The van der Waals surface area contributed by atoms with Gasteiger partial charge < -0.3 is 76.0 Å². The van der Waals surface area contributed by atoms with E-state index in [0.29, 0.717) is 6.42 Å². The van der Waals surface area contributed by atoms with Gasteiger partial charge in [-0.2, -0.15) is 0 Å². The van der Waals surface area contributed by atoms with Crippen LogP contribution in [0.2, 0.25) is 0 Å². The predicted molar refractivity (Wildman–Crippen MR) is 254 cm³/mol. The molecular formula is C53H56N2O19. The molecule has 0 saturated carbocycles. The monoisotopic (exact) mass is 1020 g/mol. The molecule has 21 heteroatoms. The highest BCUT2D eigenvalue weighted by Gasteiger charge is 2.52. The molecule has 2 saturated heterocycles. The van der Waals surface area contributed by atoms with Crippen LogP contribution in [-0.4, -0.2) is 143 Å². The van der Waals surface area contributed by atoms with Crippen molar-refractivity contribution < 1.29 is 93.3 Å². The summed E-state index contributed by atoms with van der Waals surface area (Å²) in [5, 5.41) is 87.4. The highest BCUT2D eigenvalue weighted by molar-refractivity contribution is 6.32. The number of nitrogens with two attached hydrogens (primary N) is 2. The molecule has 4 aliphatic carbocycles. The predicted octanol–water partition coefficient (Wildman–Crippen LogP) is 2.05. The number of Topliss-reactive ketones (excluding diaryl/α,β-unsaturated/α-hetero) is 2. The molecule has 2 fully saturated rings. The van der Waals surface area contributed by atoms with Crippen molar-refractivity contribution in [3.63, 3.8) is 0 Å². The third kappa shape index (κ3) is 8.55. The summed E-state index contributed by atoms with van der Waals surface area (Å²) in [6.07, 6.45) is -6.82. The summed E-state index contributed by atoms with van der Waals surface area (Å²) < 4.78 is 29.0. The smallest absolute Gasteiger partial charge is 0.202 e. The van der Waals surface area contributed by atoms with Crippen molar-refractivity contribution in [1.82, 2.24) is 0 Å². The summed E-state index contributed by atoms with van der Waals surface area (Å²) in [6.45, 7) is 3.63. The fourth-order valence-corrected chi connectivity index (χ4v) is 11.2. The van der Waals surface area contributed by atoms with Gasteiger partial charge in [-0.25, -0.2) is 0 Å². The van der Waals surface area contributed by atoms with Gasteiger partial charge in [0.25, 0.3) is 0 Å². The number of aliphatic hydroxyl groups excluding tert-OH is 2. The number of phenols is 4. The molecule has 10 rings (SSSR count). The number of aromatic hydroxyl groups is 4. The van der Waals surface area contributed by atoms with E-state index in [-0.39, 0.29) is 92.8 Å². The lowest BCUT2D eigenvalue weighted by molar-refractivity contribution is -0.247. The van der Waals surface area contributed by atoms with E-state index in [2.05, 4.69) is 0 Å². The van der Waals surface area contributed by atoms with Gasteiger partial charge in [-0.1, -0.05) is 36.4 Å². The fourth-order valence-electron chi connectivity index (χ4n) is 11.2. The standard InChI is InChI=1S/C27H29NO10.C26H27NO9/c1-11-6-12(28)7-18(37-11)38-16-9-27(35,17(30)10-29)8-14-20(16)26(34)22-21(24(14)32)23(31)13-4-3-5-15(36-2)19(13)25(22)33;1-10-21(29)15(27)7-17(35-10)36-16-9-26(34,11(2)28)8-14-18(16)25(33)20-19(24(14)32)22(30)12-5-3-4-6-13(12)23(20)31/h3-5,11-12,16,18,29,32,34-35H,6-10,28H2,1-2H3;3-6,10,15-17,21,29,32-34H,7-9,27H2,1-2H3/t11-,12+,16-,18-,27-;10-,15-,16-,17-,21+,26-/m00/s1. The number of carbonyl (C=O) groups is 6. The van der Waals surface area contributed by atoms with Crippen LogP contribution in [0.15, 0.2) is 42.5 Å². The lowest BCUT2D eigenvalue weighted by Crippen LogP contribution is -2.52. The van der Waals surface area contributed by atoms with E-state index in [1.54, 1.807) is 19.1 Å². The first-order valence-corrected chi connectivity index (χ1v) is 24.0. The van der Waals surface area contributed by atoms with Crippen LogP contribution in [0.25, 0.3) is 0 Å². The molecule has 0 radical (unpaired) electrons. The van der Waals surface area contributed by atoms with E-state index in [1.807, 2.05) is 6.92 Å². The number of benzene rings is 4. The normalized spacial score (nSPS) is 29.8. The zero-order chi connectivity index (χ0) is 53.6. The lowest BCUT2D eigenvalue weighted by Gasteiger charge is -2.42. The largest absolute Gasteiger partial charge is 0.507 e. The molecule has 0 aromatic heterocycles. The highest BCUT2D eigenvalue weighted by atomic mass is 16.7. The van der Waals surface area contributed by atoms with Crippen molar-refractivity contribution in [3.05, 3.63) is 109 Å². The maximum Gasteiger partial charge on any atom is 0.202 e. The SMILES string of the molecule is CC(=O)[C@]1(O)Cc2c(O)c3c(c(O)c2[C@@H](O[C@H]2C[C@H](N)[C@H](O)[C@H](C)O2)C1)C(=O)c1ccccc1C3=O.COc1cccc2c1C(=O)c1c(O)c3c(c(O)c1C2=O)C[C@@](O)(C(=O)CO)C[C@@H]3O[C@H]1C[C@H](N)C[C@H](C)O1. The van der Waals surface area contributed by atoms with Crippen LogP contribution in [0, 0.1) is 0 Å². The molecule has 4 aromatic rings. The maximum atomic E-state index is 13.6. The molecular weight excluding hydrogens is 969 g/mol. The molecule has 0 bridgehead atoms. The first kappa shape index (κ1) is 52.4. The highest BCUT2D eigenvalue weighted by Crippen LogP contribution is 2.54. The van der Waals surface area contributed by atoms with Crippen LogP contribution in [0.4, 0.5) is 0 Å². The summed E-state index contributed by atoms with van der Waals surface area (Å²) in [6, 6.07) is 9.57. The molecule has 2 aliphatic heterocycles. The van der Waals surface area contributed by atoms with E-state index in [1.165, 1.54) is 44.4 Å². The molecule has 0 spiro atoms. The molecule has 12 N–H and O–H groups in total. The lowest BCUT2D eigenvalue weighted by atomic mass is 9.72. The van der Waals surface area contributed by atoms with Crippen molar-refractivity contribution in [2.75, 3.05) is 13.7 Å². The summed E-state index contributed by atoms with van der Waals surface area (Å²) in [5.41, 5.74) is 6.16. The second kappa shape index (κ2) is 19.3. The van der Waals surface area contributed by atoms with E-state index >= 15 is 0 Å². The first-order chi connectivity index (χ1) is 34.9. The topological polar surface area (TPSA) is 362 Å². The Kier molecular flexibility index (Phi) is 13.7. The Morgan fingerprint density at radius 1 is 0.662 bits per heavy atom. The van der Waals surface area contributed by atoms with Crippen molar-refractivity contribution in [2.24, 2.45) is 11.5 Å². The number of phenolic OH excluding ortho intramolecular Hbond substituents is 4. The van der Waals surface area contributed by atoms with E-state index < -0.39 is 149 Å².